The second kappa shape index (κ2) is 8.12. The van der Waals surface area contributed by atoms with Gasteiger partial charge in [-0.1, -0.05) is 12.1 Å². The Morgan fingerprint density at radius 2 is 2.15 bits per heavy atom. The SMILES string of the molecule is COCCCNC(=O)c1cccc(C=CC(=O)O)c1C. The summed E-state index contributed by atoms with van der Waals surface area (Å²) in [6.07, 6.45) is 3.29. The Bertz CT molecular complexity index is 509. The van der Waals surface area contributed by atoms with Gasteiger partial charge in [0.2, 0.25) is 0 Å². The van der Waals surface area contributed by atoms with Crippen LogP contribution in [-0.2, 0) is 9.53 Å². The fourth-order valence-electron chi connectivity index (χ4n) is 1.75. The van der Waals surface area contributed by atoms with Crippen molar-refractivity contribution < 1.29 is 19.4 Å². The second-order valence-electron chi connectivity index (χ2n) is 4.29. The quantitative estimate of drug-likeness (QED) is 0.589. The van der Waals surface area contributed by atoms with Gasteiger partial charge in [0.25, 0.3) is 5.91 Å². The molecule has 108 valence electrons. The lowest BCUT2D eigenvalue weighted by Crippen LogP contribution is -2.26. The fourth-order valence-corrected chi connectivity index (χ4v) is 1.75. The summed E-state index contributed by atoms with van der Waals surface area (Å²) in [5.41, 5.74) is 2.03. The van der Waals surface area contributed by atoms with E-state index in [4.69, 9.17) is 9.84 Å². The first kappa shape index (κ1) is 15.9. The molecule has 5 nitrogen and oxygen atoms in total. The van der Waals surface area contributed by atoms with Gasteiger partial charge in [-0.25, -0.2) is 4.79 Å². The number of aliphatic carboxylic acids is 1. The summed E-state index contributed by atoms with van der Waals surface area (Å²) in [6.45, 7) is 2.94. The summed E-state index contributed by atoms with van der Waals surface area (Å²) in [6, 6.07) is 5.23. The van der Waals surface area contributed by atoms with Crippen LogP contribution < -0.4 is 5.32 Å². The van der Waals surface area contributed by atoms with Gasteiger partial charge in [-0.2, -0.15) is 0 Å². The third-order valence-electron chi connectivity index (χ3n) is 2.84. The summed E-state index contributed by atoms with van der Waals surface area (Å²) in [7, 11) is 1.62. The van der Waals surface area contributed by atoms with E-state index in [9.17, 15) is 9.59 Å². The summed E-state index contributed by atoms with van der Waals surface area (Å²) < 4.78 is 4.91. The monoisotopic (exact) mass is 277 g/mol. The lowest BCUT2D eigenvalue weighted by Gasteiger charge is -2.09. The number of hydrogen-bond acceptors (Lipinski definition) is 3. The Morgan fingerprint density at radius 1 is 1.40 bits per heavy atom. The van der Waals surface area contributed by atoms with Crippen LogP contribution >= 0.6 is 0 Å². The van der Waals surface area contributed by atoms with Gasteiger partial charge in [0.1, 0.15) is 0 Å². The third-order valence-corrected chi connectivity index (χ3v) is 2.84. The van der Waals surface area contributed by atoms with E-state index in [1.165, 1.54) is 6.08 Å². The molecule has 5 heteroatoms. The highest BCUT2D eigenvalue weighted by molar-refractivity contribution is 5.97. The summed E-state index contributed by atoms with van der Waals surface area (Å²) in [4.78, 5) is 22.6. The standard InChI is InChI=1S/C15H19NO4/c1-11-12(7-8-14(17)18)5-3-6-13(11)15(19)16-9-4-10-20-2/h3,5-8H,4,9-10H2,1-2H3,(H,16,19)(H,17,18). The van der Waals surface area contributed by atoms with Gasteiger partial charge in [-0.3, -0.25) is 4.79 Å². The molecule has 0 bridgehead atoms. The van der Waals surface area contributed by atoms with Crippen LogP contribution in [-0.4, -0.2) is 37.2 Å². The van der Waals surface area contributed by atoms with E-state index in [2.05, 4.69) is 5.32 Å². The minimum atomic E-state index is -1.01. The van der Waals surface area contributed by atoms with E-state index in [1.54, 1.807) is 32.2 Å². The smallest absolute Gasteiger partial charge is 0.328 e. The zero-order chi connectivity index (χ0) is 15.0. The maximum absolute atomic E-state index is 12.0. The maximum Gasteiger partial charge on any atom is 0.328 e. The molecule has 20 heavy (non-hydrogen) atoms. The minimum absolute atomic E-state index is 0.163. The minimum Gasteiger partial charge on any atom is -0.478 e. The van der Waals surface area contributed by atoms with Crippen LogP contribution in [0.25, 0.3) is 6.08 Å². The molecule has 1 amide bonds. The molecule has 0 aliphatic heterocycles. The highest BCUT2D eigenvalue weighted by atomic mass is 16.5. The number of methoxy groups -OCH3 is 1. The predicted molar refractivity (Wildman–Crippen MR) is 76.7 cm³/mol. The van der Waals surface area contributed by atoms with Crippen LogP contribution in [0.4, 0.5) is 0 Å². The number of carboxylic acids is 1. The molecule has 0 aromatic heterocycles. The molecule has 2 N–H and O–H groups in total. The van der Waals surface area contributed by atoms with Gasteiger partial charge in [0.05, 0.1) is 0 Å². The Balaban J connectivity index is 2.77. The Morgan fingerprint density at radius 3 is 2.80 bits per heavy atom. The average Bonchev–Trinajstić information content (AvgIpc) is 2.42. The number of hydrogen-bond donors (Lipinski definition) is 2. The van der Waals surface area contributed by atoms with Crippen molar-refractivity contribution in [2.24, 2.45) is 0 Å². The number of rotatable bonds is 7. The molecule has 0 saturated carbocycles. The van der Waals surface area contributed by atoms with E-state index in [-0.39, 0.29) is 5.91 Å². The van der Waals surface area contributed by atoms with Crippen LogP contribution in [0.2, 0.25) is 0 Å². The number of carbonyl (C=O) groups excluding carboxylic acids is 1. The topological polar surface area (TPSA) is 75.6 Å². The highest BCUT2D eigenvalue weighted by Crippen LogP contribution is 2.15. The molecule has 0 atom stereocenters. The third kappa shape index (κ3) is 4.85. The van der Waals surface area contributed by atoms with Crippen LogP contribution in [0.1, 0.15) is 27.9 Å². The fraction of sp³-hybridized carbons (Fsp3) is 0.333. The molecule has 1 aromatic rings. The van der Waals surface area contributed by atoms with Crippen molar-refractivity contribution >= 4 is 18.0 Å². The first-order valence-electron chi connectivity index (χ1n) is 6.34. The molecule has 0 aliphatic rings. The van der Waals surface area contributed by atoms with Crippen molar-refractivity contribution in [2.45, 2.75) is 13.3 Å². The zero-order valence-electron chi connectivity index (χ0n) is 11.7. The molecule has 1 rings (SSSR count). The summed E-state index contributed by atoms with van der Waals surface area (Å²) >= 11 is 0. The van der Waals surface area contributed by atoms with Gasteiger partial charge >= 0.3 is 5.97 Å². The first-order chi connectivity index (χ1) is 9.56. The van der Waals surface area contributed by atoms with Gasteiger partial charge in [0, 0.05) is 31.9 Å². The molecule has 0 saturated heterocycles. The molecule has 0 spiro atoms. The van der Waals surface area contributed by atoms with Crippen LogP contribution in [0, 0.1) is 6.92 Å². The van der Waals surface area contributed by atoms with E-state index >= 15 is 0 Å². The summed E-state index contributed by atoms with van der Waals surface area (Å²) in [5.74, 6) is -1.18. The normalized spacial score (nSPS) is 10.7. The van der Waals surface area contributed by atoms with Gasteiger partial charge in [-0.15, -0.1) is 0 Å². The van der Waals surface area contributed by atoms with E-state index < -0.39 is 5.97 Å². The van der Waals surface area contributed by atoms with Gasteiger partial charge in [-0.05, 0) is 36.6 Å². The van der Waals surface area contributed by atoms with Crippen LogP contribution in [0.15, 0.2) is 24.3 Å². The number of amides is 1. The van der Waals surface area contributed by atoms with E-state index in [1.807, 2.05) is 0 Å². The number of benzene rings is 1. The van der Waals surface area contributed by atoms with Crippen molar-refractivity contribution in [3.63, 3.8) is 0 Å². The van der Waals surface area contributed by atoms with Gasteiger partial charge < -0.3 is 15.2 Å². The van der Waals surface area contributed by atoms with Crippen LogP contribution in [0.5, 0.6) is 0 Å². The lowest BCUT2D eigenvalue weighted by atomic mass is 10.0. The van der Waals surface area contributed by atoms with Gasteiger partial charge in [0.15, 0.2) is 0 Å². The Labute approximate surface area is 118 Å². The largest absolute Gasteiger partial charge is 0.478 e. The number of ether oxygens (including phenoxy) is 1. The Kier molecular flexibility index (Phi) is 6.46. The summed E-state index contributed by atoms with van der Waals surface area (Å²) in [5, 5.41) is 11.4. The predicted octanol–water partition coefficient (Wildman–Crippen LogP) is 1.86. The number of nitrogens with one attached hydrogen (secondary N) is 1. The average molecular weight is 277 g/mol. The van der Waals surface area contributed by atoms with Crippen molar-refractivity contribution in [3.05, 3.63) is 41.0 Å². The Hall–Kier alpha value is -2.14. The highest BCUT2D eigenvalue weighted by Gasteiger charge is 2.10. The van der Waals surface area contributed by atoms with Crippen molar-refractivity contribution in [2.75, 3.05) is 20.3 Å². The van der Waals surface area contributed by atoms with E-state index in [0.29, 0.717) is 18.7 Å². The lowest BCUT2D eigenvalue weighted by molar-refractivity contribution is -0.131. The zero-order valence-corrected chi connectivity index (χ0v) is 11.7. The molecule has 0 aliphatic carbocycles. The number of carbonyl (C=O) groups is 2. The van der Waals surface area contributed by atoms with E-state index in [0.717, 1.165) is 23.6 Å². The first-order valence-corrected chi connectivity index (χ1v) is 6.34. The molecule has 0 heterocycles. The number of carboxylic acid groups (broad SMARTS) is 1. The molecule has 1 aromatic carbocycles. The van der Waals surface area contributed by atoms with Crippen molar-refractivity contribution in [1.82, 2.24) is 5.32 Å². The maximum atomic E-state index is 12.0. The molecule has 0 radical (unpaired) electrons. The molecular formula is C15H19NO4. The van der Waals surface area contributed by atoms with Crippen molar-refractivity contribution in [1.29, 1.82) is 0 Å². The second-order valence-corrected chi connectivity index (χ2v) is 4.29. The molecular weight excluding hydrogens is 258 g/mol. The van der Waals surface area contributed by atoms with Crippen LogP contribution in [0.3, 0.4) is 0 Å². The van der Waals surface area contributed by atoms with Crippen molar-refractivity contribution in [3.8, 4) is 0 Å². The molecule has 0 unspecified atom stereocenters. The molecule has 0 fully saturated rings.